The van der Waals surface area contributed by atoms with Crippen molar-refractivity contribution in [3.8, 4) is 5.75 Å². The summed E-state index contributed by atoms with van der Waals surface area (Å²) in [4.78, 5) is 1.89. The molecule has 346 valence electrons. The van der Waals surface area contributed by atoms with Gasteiger partial charge in [0.05, 0.1) is 28.4 Å². The molecule has 2 aliphatic heterocycles. The second kappa shape index (κ2) is 19.6. The van der Waals surface area contributed by atoms with Crippen LogP contribution in [0.25, 0.3) is 21.5 Å². The van der Waals surface area contributed by atoms with Crippen molar-refractivity contribution >= 4 is 69.0 Å². The Hall–Kier alpha value is -4.38. The maximum absolute atomic E-state index is 12.5. The molecule has 4 aromatic carbocycles. The van der Waals surface area contributed by atoms with Gasteiger partial charge in [0.25, 0.3) is 30.4 Å². The number of hydrogen-bond acceptors (Lipinski definition) is 8. The lowest BCUT2D eigenvalue weighted by Crippen LogP contribution is -2.28. The fourth-order valence-corrected chi connectivity index (χ4v) is 11.1. The second-order valence-electron chi connectivity index (χ2n) is 18.4. The van der Waals surface area contributed by atoms with Crippen LogP contribution in [0.1, 0.15) is 104 Å². The van der Waals surface area contributed by atoms with Crippen molar-refractivity contribution < 1.29 is 48.2 Å². The van der Waals surface area contributed by atoms with Crippen molar-refractivity contribution in [3.05, 3.63) is 108 Å². The molecule has 4 aromatic rings. The first kappa shape index (κ1) is 49.1. The second-order valence-corrected chi connectivity index (χ2v) is 23.0. The van der Waals surface area contributed by atoms with Crippen LogP contribution in [0, 0.1) is 5.92 Å². The van der Waals surface area contributed by atoms with Crippen LogP contribution in [0.2, 0.25) is 0 Å². The summed E-state index contributed by atoms with van der Waals surface area (Å²) in [5, 5.41) is 3.60. The van der Waals surface area contributed by atoms with E-state index >= 15 is 0 Å². The molecule has 0 bridgehead atoms. The first-order valence-electron chi connectivity index (χ1n) is 22.1. The Morgan fingerprint density at radius 2 is 1.41 bits per heavy atom. The van der Waals surface area contributed by atoms with E-state index in [1.54, 1.807) is 0 Å². The van der Waals surface area contributed by atoms with Crippen LogP contribution in [0.15, 0.2) is 102 Å². The highest BCUT2D eigenvalue weighted by Crippen LogP contribution is 2.53. The van der Waals surface area contributed by atoms with Gasteiger partial charge in [0, 0.05) is 58.9 Å². The lowest BCUT2D eigenvalue weighted by atomic mass is 9.79. The normalized spacial score (nSPS) is 17.0. The Morgan fingerprint density at radius 1 is 0.719 bits per heavy atom. The van der Waals surface area contributed by atoms with Gasteiger partial charge in [-0.05, 0) is 91.4 Å². The summed E-state index contributed by atoms with van der Waals surface area (Å²) in [6, 6.07) is 19.1. The fraction of sp³-hybridized carbons (Fsp3) is 0.449. The number of benzene rings is 4. The number of allylic oxidation sites excluding steroid dienone is 6. The molecular formula is C49H63N2O10S3+. The van der Waals surface area contributed by atoms with Gasteiger partial charge in [-0.1, -0.05) is 95.5 Å². The van der Waals surface area contributed by atoms with Crippen LogP contribution in [-0.2, 0) is 41.2 Å². The van der Waals surface area contributed by atoms with Gasteiger partial charge in [0.2, 0.25) is 5.69 Å². The van der Waals surface area contributed by atoms with Crippen LogP contribution in [-0.4, -0.2) is 80.4 Å². The van der Waals surface area contributed by atoms with Crippen LogP contribution >= 0.6 is 0 Å². The SMILES string of the molecule is CC(C)CCCCCOc1cc(S(=O)(=O)O)cc2ccc3c(c12)C(C)(C)\C(=C/C=C/C=C/C1=[N+](CCCCS(=O)(=O)O)c2ccc4ccccc4c2C1(C)C)N3CCCCS(=O)(=O)O. The number of unbranched alkanes of at least 4 members (excludes halogenated alkanes) is 4. The summed E-state index contributed by atoms with van der Waals surface area (Å²) in [5.41, 5.74) is 4.90. The van der Waals surface area contributed by atoms with E-state index in [-0.39, 0.29) is 22.8 Å². The molecule has 6 rings (SSSR count). The number of ether oxygens (including phenoxy) is 1. The minimum Gasteiger partial charge on any atom is -0.493 e. The lowest BCUT2D eigenvalue weighted by Gasteiger charge is -2.27. The van der Waals surface area contributed by atoms with Crippen LogP contribution in [0.5, 0.6) is 5.75 Å². The molecule has 0 radical (unpaired) electrons. The van der Waals surface area contributed by atoms with Gasteiger partial charge in [-0.15, -0.1) is 0 Å². The highest BCUT2D eigenvalue weighted by Gasteiger charge is 2.45. The van der Waals surface area contributed by atoms with E-state index in [1.165, 1.54) is 17.7 Å². The van der Waals surface area contributed by atoms with Crippen molar-refractivity contribution in [2.24, 2.45) is 5.92 Å². The number of fused-ring (bicyclic) bond motifs is 6. The minimum absolute atomic E-state index is 0.242. The van der Waals surface area contributed by atoms with Gasteiger partial charge in [0.15, 0.2) is 5.71 Å². The molecule has 0 aromatic heterocycles. The average molecular weight is 936 g/mol. The van der Waals surface area contributed by atoms with Gasteiger partial charge in [-0.25, -0.2) is 0 Å². The lowest BCUT2D eigenvalue weighted by molar-refractivity contribution is -0.438. The summed E-state index contributed by atoms with van der Waals surface area (Å²) >= 11 is 0. The molecule has 0 spiro atoms. The summed E-state index contributed by atoms with van der Waals surface area (Å²) in [5.74, 6) is 0.289. The van der Waals surface area contributed by atoms with E-state index in [0.717, 1.165) is 70.2 Å². The van der Waals surface area contributed by atoms with E-state index in [0.29, 0.717) is 56.0 Å². The highest BCUT2D eigenvalue weighted by atomic mass is 32.2. The summed E-state index contributed by atoms with van der Waals surface area (Å²) in [6.07, 6.45) is 15.5. The Kier molecular flexibility index (Phi) is 15.0. The molecule has 0 atom stereocenters. The van der Waals surface area contributed by atoms with Crippen LogP contribution in [0.4, 0.5) is 11.4 Å². The molecule has 12 nitrogen and oxygen atoms in total. The predicted molar refractivity (Wildman–Crippen MR) is 257 cm³/mol. The standard InChI is InChI=1S/C49H62N2O10S3/c1-35(2)19-9-8-16-30-61-42-34-38(64(58,59)60)33-37-25-27-41-47(45(37)42)49(5,6)44(51(41)29-15-18-32-63(55,56)57)23-11-7-10-22-43-48(3,4)46-39-21-13-12-20-36(39)24-26-40(46)50(43)28-14-17-31-62(52,53)54/h7,10-13,20-27,33-35H,8-9,14-19,28-32H2,1-6H3,(H2-,52,53,54,55,56,57,58,59,60)/p+1. The average Bonchev–Trinajstić information content (AvgIpc) is 3.55. The minimum atomic E-state index is -4.55. The third-order valence-electron chi connectivity index (χ3n) is 12.4. The monoisotopic (exact) mass is 935 g/mol. The van der Waals surface area contributed by atoms with E-state index in [4.69, 9.17) is 4.74 Å². The molecule has 0 aliphatic carbocycles. The predicted octanol–water partition coefficient (Wildman–Crippen LogP) is 10.3. The van der Waals surface area contributed by atoms with E-state index in [2.05, 4.69) is 81.4 Å². The fourth-order valence-electron chi connectivity index (χ4n) is 9.40. The van der Waals surface area contributed by atoms with Crippen molar-refractivity contribution in [2.75, 3.05) is 36.1 Å². The van der Waals surface area contributed by atoms with E-state index in [1.807, 2.05) is 48.6 Å². The summed E-state index contributed by atoms with van der Waals surface area (Å²) in [6.45, 7) is 14.3. The topological polar surface area (TPSA) is 179 Å². The van der Waals surface area contributed by atoms with Crippen LogP contribution < -0.4 is 9.64 Å². The van der Waals surface area contributed by atoms with Crippen molar-refractivity contribution in [3.63, 3.8) is 0 Å². The van der Waals surface area contributed by atoms with Gasteiger partial charge < -0.3 is 9.64 Å². The Labute approximate surface area is 379 Å². The number of hydrogen-bond donors (Lipinski definition) is 3. The van der Waals surface area contributed by atoms with Crippen LogP contribution in [0.3, 0.4) is 0 Å². The Bertz CT molecular complexity index is 2860. The van der Waals surface area contributed by atoms with Gasteiger partial charge in [0.1, 0.15) is 12.3 Å². The largest absolute Gasteiger partial charge is 0.493 e. The summed E-state index contributed by atoms with van der Waals surface area (Å²) < 4.78 is 109. The molecule has 15 heteroatoms. The molecule has 2 aliphatic rings. The van der Waals surface area contributed by atoms with Crippen molar-refractivity contribution in [1.29, 1.82) is 0 Å². The number of nitrogens with zero attached hydrogens (tertiary/aromatic N) is 2. The number of rotatable bonds is 21. The number of anilines is 1. The molecular weight excluding hydrogens is 873 g/mol. The molecule has 2 heterocycles. The van der Waals surface area contributed by atoms with E-state index < -0.39 is 41.2 Å². The molecule has 0 fully saturated rings. The van der Waals surface area contributed by atoms with Crippen molar-refractivity contribution in [2.45, 2.75) is 109 Å². The Balaban J connectivity index is 1.38. The Morgan fingerprint density at radius 3 is 2.09 bits per heavy atom. The highest BCUT2D eigenvalue weighted by molar-refractivity contribution is 7.86. The van der Waals surface area contributed by atoms with Crippen molar-refractivity contribution in [1.82, 2.24) is 0 Å². The smallest absolute Gasteiger partial charge is 0.294 e. The van der Waals surface area contributed by atoms with E-state index in [9.17, 15) is 38.9 Å². The molecule has 0 saturated heterocycles. The van der Waals surface area contributed by atoms with Gasteiger partial charge in [-0.3, -0.25) is 13.7 Å². The molecule has 0 saturated carbocycles. The summed E-state index contributed by atoms with van der Waals surface area (Å²) in [7, 11) is -12.8. The molecule has 64 heavy (non-hydrogen) atoms. The zero-order chi connectivity index (χ0) is 46.7. The molecule has 0 unspecified atom stereocenters. The quantitative estimate of drug-likeness (QED) is 0.0313. The third kappa shape index (κ3) is 11.3. The zero-order valence-electron chi connectivity index (χ0n) is 37.7. The first-order valence-corrected chi connectivity index (χ1v) is 26.8. The van der Waals surface area contributed by atoms with Gasteiger partial charge in [-0.2, -0.15) is 29.8 Å². The zero-order valence-corrected chi connectivity index (χ0v) is 40.2. The molecule has 3 N–H and O–H groups in total. The first-order chi connectivity index (χ1) is 30.0. The van der Waals surface area contributed by atoms with Gasteiger partial charge >= 0.3 is 0 Å². The maximum atomic E-state index is 12.5. The third-order valence-corrected chi connectivity index (χ3v) is 14.9. The molecule has 0 amide bonds. The maximum Gasteiger partial charge on any atom is 0.294 e.